The third kappa shape index (κ3) is 3.84. The van der Waals surface area contributed by atoms with E-state index in [-0.39, 0.29) is 12.4 Å². The summed E-state index contributed by atoms with van der Waals surface area (Å²) in [6.45, 7) is 3.58. The fourth-order valence-corrected chi connectivity index (χ4v) is 1.65. The second kappa shape index (κ2) is 7.04. The predicted molar refractivity (Wildman–Crippen MR) is 66.5 cm³/mol. The van der Waals surface area contributed by atoms with Crippen molar-refractivity contribution in [1.82, 2.24) is 4.90 Å². The molecule has 0 radical (unpaired) electrons. The number of nitrogens with zero attached hydrogens (tertiary/aromatic N) is 1. The summed E-state index contributed by atoms with van der Waals surface area (Å²) in [6.07, 6.45) is 0. The van der Waals surface area contributed by atoms with Gasteiger partial charge in [-0.25, -0.2) is 0 Å². The Morgan fingerprint density at radius 2 is 2.12 bits per heavy atom. The van der Waals surface area contributed by atoms with Gasteiger partial charge in [-0.3, -0.25) is 9.69 Å². The maximum atomic E-state index is 12.1. The molecule has 0 aliphatic rings. The van der Waals surface area contributed by atoms with Crippen LogP contribution >= 0.6 is 0 Å². The standard InChI is InChI=1S/C13H19NO3/c1-3-14(8-9-15)10-12(16)11-6-4-5-7-13(11)17-2/h4-7,15H,3,8-10H2,1-2H3. The van der Waals surface area contributed by atoms with Gasteiger partial charge in [0.25, 0.3) is 0 Å². The van der Waals surface area contributed by atoms with Crippen LogP contribution in [0, 0.1) is 0 Å². The fraction of sp³-hybridized carbons (Fsp3) is 0.462. The highest BCUT2D eigenvalue weighted by Gasteiger charge is 2.14. The van der Waals surface area contributed by atoms with Crippen LogP contribution in [0.2, 0.25) is 0 Å². The van der Waals surface area contributed by atoms with Gasteiger partial charge in [0.1, 0.15) is 5.75 Å². The first-order valence-electron chi connectivity index (χ1n) is 5.72. The molecule has 17 heavy (non-hydrogen) atoms. The Morgan fingerprint density at radius 3 is 2.71 bits per heavy atom. The molecule has 0 unspecified atom stereocenters. The van der Waals surface area contributed by atoms with Crippen molar-refractivity contribution in [3.05, 3.63) is 29.8 Å². The maximum absolute atomic E-state index is 12.1. The highest BCUT2D eigenvalue weighted by atomic mass is 16.5. The first kappa shape index (κ1) is 13.7. The van der Waals surface area contributed by atoms with Gasteiger partial charge in [0, 0.05) is 6.54 Å². The first-order chi connectivity index (χ1) is 8.22. The summed E-state index contributed by atoms with van der Waals surface area (Å²) < 4.78 is 5.15. The predicted octanol–water partition coefficient (Wildman–Crippen LogP) is 1.19. The van der Waals surface area contributed by atoms with E-state index in [1.54, 1.807) is 19.2 Å². The number of methoxy groups -OCH3 is 1. The molecule has 94 valence electrons. The monoisotopic (exact) mass is 237 g/mol. The SMILES string of the molecule is CCN(CCO)CC(=O)c1ccccc1OC. The first-order valence-corrected chi connectivity index (χ1v) is 5.72. The van der Waals surface area contributed by atoms with E-state index < -0.39 is 0 Å². The summed E-state index contributed by atoms with van der Waals surface area (Å²) in [5.74, 6) is 0.607. The van der Waals surface area contributed by atoms with Crippen molar-refractivity contribution in [2.24, 2.45) is 0 Å². The second-order valence-corrected chi connectivity index (χ2v) is 3.72. The molecule has 4 nitrogen and oxygen atoms in total. The summed E-state index contributed by atoms with van der Waals surface area (Å²) in [7, 11) is 1.55. The molecule has 0 aromatic heterocycles. The molecule has 0 aliphatic heterocycles. The van der Waals surface area contributed by atoms with E-state index in [1.807, 2.05) is 24.0 Å². The van der Waals surface area contributed by atoms with Gasteiger partial charge in [-0.05, 0) is 18.7 Å². The number of carbonyl (C=O) groups is 1. The van der Waals surface area contributed by atoms with E-state index >= 15 is 0 Å². The molecule has 0 saturated heterocycles. The Kier molecular flexibility index (Phi) is 5.66. The molecule has 4 heteroatoms. The van der Waals surface area contributed by atoms with E-state index in [9.17, 15) is 4.79 Å². The average molecular weight is 237 g/mol. The number of benzene rings is 1. The lowest BCUT2D eigenvalue weighted by molar-refractivity contribution is 0.0917. The summed E-state index contributed by atoms with van der Waals surface area (Å²) in [4.78, 5) is 14.0. The highest BCUT2D eigenvalue weighted by Crippen LogP contribution is 2.18. The summed E-state index contributed by atoms with van der Waals surface area (Å²) in [6, 6.07) is 7.18. The summed E-state index contributed by atoms with van der Waals surface area (Å²) in [5, 5.41) is 8.87. The number of carbonyl (C=O) groups excluding carboxylic acids is 1. The van der Waals surface area contributed by atoms with Crippen LogP contribution in [0.4, 0.5) is 0 Å². The number of para-hydroxylation sites is 1. The normalized spacial score (nSPS) is 10.6. The number of ether oxygens (including phenoxy) is 1. The van der Waals surface area contributed by atoms with Gasteiger partial charge >= 0.3 is 0 Å². The topological polar surface area (TPSA) is 49.8 Å². The van der Waals surface area contributed by atoms with Crippen molar-refractivity contribution < 1.29 is 14.6 Å². The van der Waals surface area contributed by atoms with Crippen molar-refractivity contribution in [2.45, 2.75) is 6.92 Å². The van der Waals surface area contributed by atoms with Gasteiger partial charge in [0.05, 0.1) is 25.8 Å². The minimum Gasteiger partial charge on any atom is -0.496 e. The van der Waals surface area contributed by atoms with Crippen molar-refractivity contribution >= 4 is 5.78 Å². The average Bonchev–Trinajstić information content (AvgIpc) is 2.38. The number of hydrogen-bond acceptors (Lipinski definition) is 4. The molecule has 0 heterocycles. The van der Waals surface area contributed by atoms with Crippen LogP contribution in [0.25, 0.3) is 0 Å². The molecule has 1 N–H and O–H groups in total. The number of rotatable bonds is 7. The molecule has 0 atom stereocenters. The number of aliphatic hydroxyl groups is 1. The Bertz CT molecular complexity index is 365. The molecule has 0 saturated carbocycles. The lowest BCUT2D eigenvalue weighted by atomic mass is 10.1. The van der Waals surface area contributed by atoms with Crippen LogP contribution < -0.4 is 4.74 Å². The maximum Gasteiger partial charge on any atom is 0.180 e. The highest BCUT2D eigenvalue weighted by molar-refractivity contribution is 6.00. The van der Waals surface area contributed by atoms with Gasteiger partial charge in [0.2, 0.25) is 0 Å². The third-order valence-electron chi connectivity index (χ3n) is 2.64. The molecule has 0 aliphatic carbocycles. The van der Waals surface area contributed by atoms with Gasteiger partial charge in [0.15, 0.2) is 5.78 Å². The van der Waals surface area contributed by atoms with Crippen molar-refractivity contribution in [2.75, 3.05) is 33.4 Å². The van der Waals surface area contributed by atoms with Crippen LogP contribution in [0.1, 0.15) is 17.3 Å². The molecule has 0 bridgehead atoms. The van der Waals surface area contributed by atoms with Crippen LogP contribution in [-0.4, -0.2) is 49.1 Å². The molecule has 1 rings (SSSR count). The number of Topliss-reactive ketones (excluding diaryl/α,β-unsaturated/α-hetero) is 1. The van der Waals surface area contributed by atoms with Crippen molar-refractivity contribution in [1.29, 1.82) is 0 Å². The zero-order valence-corrected chi connectivity index (χ0v) is 10.3. The van der Waals surface area contributed by atoms with E-state index in [0.717, 1.165) is 6.54 Å². The van der Waals surface area contributed by atoms with E-state index in [1.165, 1.54) is 0 Å². The van der Waals surface area contributed by atoms with Gasteiger partial charge in [-0.1, -0.05) is 19.1 Å². The summed E-state index contributed by atoms with van der Waals surface area (Å²) in [5.41, 5.74) is 0.589. The van der Waals surface area contributed by atoms with Crippen LogP contribution in [-0.2, 0) is 0 Å². The number of hydrogen-bond donors (Lipinski definition) is 1. The molecular formula is C13H19NO3. The smallest absolute Gasteiger partial charge is 0.180 e. The van der Waals surface area contributed by atoms with Gasteiger partial charge in [-0.2, -0.15) is 0 Å². The molecule has 0 fully saturated rings. The molecule has 0 amide bonds. The minimum absolute atomic E-state index is 0.0118. The van der Waals surface area contributed by atoms with Gasteiger partial charge in [-0.15, -0.1) is 0 Å². The van der Waals surface area contributed by atoms with Crippen LogP contribution in [0.3, 0.4) is 0 Å². The Hall–Kier alpha value is -1.39. The van der Waals surface area contributed by atoms with Crippen LogP contribution in [0.5, 0.6) is 5.75 Å². The molecule has 0 spiro atoms. The minimum atomic E-state index is 0.0118. The van der Waals surface area contributed by atoms with Crippen LogP contribution in [0.15, 0.2) is 24.3 Å². The quantitative estimate of drug-likeness (QED) is 0.724. The summed E-state index contributed by atoms with van der Waals surface area (Å²) >= 11 is 0. The number of ketones is 1. The van der Waals surface area contributed by atoms with Crippen molar-refractivity contribution in [3.63, 3.8) is 0 Å². The zero-order chi connectivity index (χ0) is 12.7. The number of aliphatic hydroxyl groups excluding tert-OH is 1. The third-order valence-corrected chi connectivity index (χ3v) is 2.64. The van der Waals surface area contributed by atoms with E-state index in [4.69, 9.17) is 9.84 Å². The molecular weight excluding hydrogens is 218 g/mol. The Balaban J connectivity index is 2.75. The largest absolute Gasteiger partial charge is 0.496 e. The van der Waals surface area contributed by atoms with E-state index in [2.05, 4.69) is 0 Å². The fourth-order valence-electron chi connectivity index (χ4n) is 1.65. The lowest BCUT2D eigenvalue weighted by Crippen LogP contribution is -2.32. The molecule has 1 aromatic carbocycles. The molecule has 1 aromatic rings. The Labute approximate surface area is 102 Å². The zero-order valence-electron chi connectivity index (χ0n) is 10.3. The number of likely N-dealkylation sites (N-methyl/N-ethyl adjacent to an activating group) is 1. The van der Waals surface area contributed by atoms with E-state index in [0.29, 0.717) is 24.4 Å². The van der Waals surface area contributed by atoms with Gasteiger partial charge < -0.3 is 9.84 Å². The Morgan fingerprint density at radius 1 is 1.41 bits per heavy atom. The second-order valence-electron chi connectivity index (χ2n) is 3.72. The van der Waals surface area contributed by atoms with Crippen molar-refractivity contribution in [3.8, 4) is 5.75 Å². The lowest BCUT2D eigenvalue weighted by Gasteiger charge is -2.18.